The van der Waals surface area contributed by atoms with E-state index in [0.717, 1.165) is 4.90 Å². The monoisotopic (exact) mass is 361 g/mol. The van der Waals surface area contributed by atoms with E-state index in [1.807, 2.05) is 0 Å². The van der Waals surface area contributed by atoms with Gasteiger partial charge in [-0.25, -0.2) is 4.39 Å². The van der Waals surface area contributed by atoms with E-state index in [2.05, 4.69) is 0 Å². The Balaban J connectivity index is 1.57. The van der Waals surface area contributed by atoms with Gasteiger partial charge in [-0.05, 0) is 30.7 Å². The molecule has 0 radical (unpaired) electrons. The van der Waals surface area contributed by atoms with Gasteiger partial charge in [-0.2, -0.15) is 0 Å². The molecule has 4 amide bonds. The predicted octanol–water partition coefficient (Wildman–Crippen LogP) is 0.568. The van der Waals surface area contributed by atoms with Crippen LogP contribution in [0.1, 0.15) is 28.8 Å². The van der Waals surface area contributed by atoms with Crippen molar-refractivity contribution in [3.63, 3.8) is 0 Å². The van der Waals surface area contributed by atoms with E-state index < -0.39 is 0 Å². The summed E-state index contributed by atoms with van der Waals surface area (Å²) in [4.78, 5) is 52.3. The topological polar surface area (TPSA) is 78.0 Å². The largest absolute Gasteiger partial charge is 0.338 e. The molecule has 0 unspecified atom stereocenters. The van der Waals surface area contributed by atoms with Gasteiger partial charge in [0.15, 0.2) is 0 Å². The van der Waals surface area contributed by atoms with Crippen molar-refractivity contribution in [2.45, 2.75) is 19.8 Å². The Hall–Kier alpha value is -2.77. The van der Waals surface area contributed by atoms with E-state index in [1.54, 1.807) is 16.7 Å². The number of piperazine rings is 1. The van der Waals surface area contributed by atoms with E-state index in [1.165, 1.54) is 18.2 Å². The first-order chi connectivity index (χ1) is 12.4. The van der Waals surface area contributed by atoms with E-state index in [0.29, 0.717) is 37.3 Å². The van der Waals surface area contributed by atoms with Crippen LogP contribution >= 0.6 is 0 Å². The van der Waals surface area contributed by atoms with Crippen molar-refractivity contribution in [1.29, 1.82) is 0 Å². The third-order valence-electron chi connectivity index (χ3n) is 4.79. The molecule has 0 aromatic heterocycles. The van der Waals surface area contributed by atoms with Crippen molar-refractivity contribution in [1.82, 2.24) is 14.7 Å². The van der Waals surface area contributed by atoms with Crippen LogP contribution in [0.2, 0.25) is 0 Å². The second-order valence-electron chi connectivity index (χ2n) is 6.51. The zero-order valence-electron chi connectivity index (χ0n) is 14.5. The number of carbonyl (C=O) groups excluding carboxylic acids is 4. The number of aryl methyl sites for hydroxylation is 1. The summed E-state index contributed by atoms with van der Waals surface area (Å²) in [5.41, 5.74) is 1.01. The minimum absolute atomic E-state index is 0.158. The third-order valence-corrected chi connectivity index (χ3v) is 4.79. The Labute approximate surface area is 150 Å². The number of hydrogen-bond acceptors (Lipinski definition) is 4. The normalized spacial score (nSPS) is 17.8. The molecule has 3 rings (SSSR count). The molecule has 2 aliphatic heterocycles. The van der Waals surface area contributed by atoms with Crippen LogP contribution in [0.25, 0.3) is 0 Å². The molecule has 2 fully saturated rings. The fourth-order valence-electron chi connectivity index (χ4n) is 3.23. The Morgan fingerprint density at radius 3 is 2.15 bits per heavy atom. The Kier molecular flexibility index (Phi) is 5.01. The Bertz CT molecular complexity index is 756. The summed E-state index contributed by atoms with van der Waals surface area (Å²) in [6.45, 7) is 2.82. The lowest BCUT2D eigenvalue weighted by Crippen LogP contribution is -2.53. The van der Waals surface area contributed by atoms with Crippen molar-refractivity contribution >= 4 is 23.6 Å². The van der Waals surface area contributed by atoms with E-state index in [-0.39, 0.29) is 48.8 Å². The highest BCUT2D eigenvalue weighted by Gasteiger charge is 2.33. The number of amides is 4. The summed E-state index contributed by atoms with van der Waals surface area (Å²) in [6, 6.07) is 4.04. The minimum atomic E-state index is -0.388. The lowest BCUT2D eigenvalue weighted by atomic mass is 10.1. The number of halogens is 1. The molecule has 0 aliphatic carbocycles. The van der Waals surface area contributed by atoms with Crippen molar-refractivity contribution < 1.29 is 23.6 Å². The molecule has 2 aliphatic rings. The van der Waals surface area contributed by atoms with Gasteiger partial charge in [0.2, 0.25) is 17.7 Å². The summed E-state index contributed by atoms with van der Waals surface area (Å²) >= 11 is 0. The number of carbonyl (C=O) groups is 4. The molecule has 2 heterocycles. The molecule has 0 N–H and O–H groups in total. The van der Waals surface area contributed by atoms with Gasteiger partial charge >= 0.3 is 0 Å². The van der Waals surface area contributed by atoms with Crippen molar-refractivity contribution in [2.75, 3.05) is 32.7 Å². The number of benzene rings is 1. The SMILES string of the molecule is Cc1cc(F)ccc1C(=O)N1CCN(C(=O)CN2C(=O)CCC2=O)CC1. The van der Waals surface area contributed by atoms with Crippen molar-refractivity contribution in [2.24, 2.45) is 0 Å². The molecule has 1 aromatic rings. The average Bonchev–Trinajstić information content (AvgIpc) is 2.93. The maximum absolute atomic E-state index is 13.2. The maximum Gasteiger partial charge on any atom is 0.254 e. The summed E-state index contributed by atoms with van der Waals surface area (Å²) in [5.74, 6) is -1.51. The second-order valence-corrected chi connectivity index (χ2v) is 6.51. The average molecular weight is 361 g/mol. The molecule has 0 atom stereocenters. The van der Waals surface area contributed by atoms with Gasteiger partial charge in [0.05, 0.1) is 0 Å². The molecule has 0 bridgehead atoms. The second kappa shape index (κ2) is 7.23. The Morgan fingerprint density at radius 2 is 1.58 bits per heavy atom. The minimum Gasteiger partial charge on any atom is -0.338 e. The highest BCUT2D eigenvalue weighted by molar-refractivity contribution is 6.04. The smallest absolute Gasteiger partial charge is 0.254 e. The van der Waals surface area contributed by atoms with Crippen LogP contribution in [-0.4, -0.2) is 71.1 Å². The standard InChI is InChI=1S/C18H20FN3O4/c1-12-10-13(19)2-3-14(12)18(26)21-8-6-20(7-9-21)17(25)11-22-15(23)4-5-16(22)24/h2-3,10H,4-9,11H2,1H3. The number of rotatable bonds is 3. The maximum atomic E-state index is 13.2. The number of likely N-dealkylation sites (tertiary alicyclic amines) is 1. The predicted molar refractivity (Wildman–Crippen MR) is 89.6 cm³/mol. The first-order valence-electron chi connectivity index (χ1n) is 8.53. The van der Waals surface area contributed by atoms with E-state index >= 15 is 0 Å². The highest BCUT2D eigenvalue weighted by atomic mass is 19.1. The van der Waals surface area contributed by atoms with Crippen LogP contribution in [0.4, 0.5) is 4.39 Å². The molecule has 8 heteroatoms. The van der Waals surface area contributed by atoms with Gasteiger partial charge < -0.3 is 9.80 Å². The van der Waals surface area contributed by atoms with Gasteiger partial charge in [0, 0.05) is 44.6 Å². The van der Waals surface area contributed by atoms with Crippen LogP contribution in [0.3, 0.4) is 0 Å². The van der Waals surface area contributed by atoms with E-state index in [4.69, 9.17) is 0 Å². The molecule has 138 valence electrons. The fraction of sp³-hybridized carbons (Fsp3) is 0.444. The molecular formula is C18H20FN3O4. The van der Waals surface area contributed by atoms with Crippen LogP contribution in [0.5, 0.6) is 0 Å². The molecular weight excluding hydrogens is 341 g/mol. The number of hydrogen-bond donors (Lipinski definition) is 0. The summed E-state index contributed by atoms with van der Waals surface area (Å²) in [6.07, 6.45) is 0.316. The number of nitrogens with zero attached hydrogens (tertiary/aromatic N) is 3. The fourth-order valence-corrected chi connectivity index (χ4v) is 3.23. The van der Waals surface area contributed by atoms with E-state index in [9.17, 15) is 23.6 Å². The molecule has 2 saturated heterocycles. The Morgan fingerprint density at radius 1 is 1.00 bits per heavy atom. The molecule has 7 nitrogen and oxygen atoms in total. The van der Waals surface area contributed by atoms with Crippen LogP contribution in [-0.2, 0) is 14.4 Å². The van der Waals surface area contributed by atoms with Gasteiger partial charge in [0.25, 0.3) is 5.91 Å². The van der Waals surface area contributed by atoms with Crippen molar-refractivity contribution in [3.05, 3.63) is 35.1 Å². The molecule has 26 heavy (non-hydrogen) atoms. The van der Waals surface area contributed by atoms with Gasteiger partial charge in [-0.1, -0.05) is 0 Å². The molecule has 0 saturated carbocycles. The zero-order chi connectivity index (χ0) is 18.8. The first kappa shape index (κ1) is 18.0. The lowest BCUT2D eigenvalue weighted by molar-refractivity contribution is -0.146. The van der Waals surface area contributed by atoms with Gasteiger partial charge in [0.1, 0.15) is 12.4 Å². The molecule has 1 aromatic carbocycles. The third kappa shape index (κ3) is 3.58. The van der Waals surface area contributed by atoms with Gasteiger partial charge in [-0.3, -0.25) is 24.1 Å². The van der Waals surface area contributed by atoms with Crippen LogP contribution < -0.4 is 0 Å². The first-order valence-corrected chi connectivity index (χ1v) is 8.53. The molecule has 0 spiro atoms. The van der Waals surface area contributed by atoms with Crippen molar-refractivity contribution in [3.8, 4) is 0 Å². The quantitative estimate of drug-likeness (QED) is 0.738. The summed E-state index contributed by atoms with van der Waals surface area (Å²) < 4.78 is 13.2. The van der Waals surface area contributed by atoms with Gasteiger partial charge in [-0.15, -0.1) is 0 Å². The number of imide groups is 1. The summed E-state index contributed by atoms with van der Waals surface area (Å²) in [5, 5.41) is 0. The van der Waals surface area contributed by atoms with Crippen LogP contribution in [0.15, 0.2) is 18.2 Å². The zero-order valence-corrected chi connectivity index (χ0v) is 14.5. The lowest BCUT2D eigenvalue weighted by Gasteiger charge is -2.35. The van der Waals surface area contributed by atoms with Crippen LogP contribution in [0, 0.1) is 12.7 Å². The summed E-state index contributed by atoms with van der Waals surface area (Å²) in [7, 11) is 0. The highest BCUT2D eigenvalue weighted by Crippen LogP contribution is 2.16.